The second-order valence-corrected chi connectivity index (χ2v) is 3.87. The van der Waals surface area contributed by atoms with Crippen molar-refractivity contribution < 1.29 is 5.11 Å². The minimum Gasteiger partial charge on any atom is -0.378 e. The quantitative estimate of drug-likeness (QED) is 0.652. The second-order valence-electron chi connectivity index (χ2n) is 3.87. The second kappa shape index (κ2) is 4.24. The highest BCUT2D eigenvalue weighted by atomic mass is 16.3. The maximum atomic E-state index is 9.60. The molecule has 2 nitrogen and oxygen atoms in total. The van der Waals surface area contributed by atoms with Crippen molar-refractivity contribution in [2.24, 2.45) is 5.92 Å². The molecule has 1 N–H and O–H groups in total. The number of hydrogen-bond donors (Lipinski definition) is 1. The molecule has 3 unspecified atom stereocenters. The van der Waals surface area contributed by atoms with Crippen LogP contribution in [0.3, 0.4) is 0 Å². The Balaban J connectivity index is 2.36. The monoisotopic (exact) mass is 171 g/mol. The van der Waals surface area contributed by atoms with E-state index in [1.165, 1.54) is 19.3 Å². The van der Waals surface area contributed by atoms with Crippen LogP contribution in [0.2, 0.25) is 0 Å². The van der Waals surface area contributed by atoms with Crippen molar-refractivity contribution in [1.82, 2.24) is 4.90 Å². The Bertz CT molecular complexity index is 129. The summed E-state index contributed by atoms with van der Waals surface area (Å²) in [5.74, 6) is 0.830. The van der Waals surface area contributed by atoms with Crippen molar-refractivity contribution in [3.8, 4) is 0 Å². The van der Waals surface area contributed by atoms with E-state index in [0.717, 1.165) is 12.3 Å². The van der Waals surface area contributed by atoms with E-state index in [2.05, 4.69) is 11.8 Å². The third-order valence-electron chi connectivity index (χ3n) is 3.26. The summed E-state index contributed by atoms with van der Waals surface area (Å²) < 4.78 is 0. The topological polar surface area (TPSA) is 23.5 Å². The molecule has 1 fully saturated rings. The van der Waals surface area contributed by atoms with Crippen molar-refractivity contribution in [2.45, 2.75) is 51.8 Å². The Kier molecular flexibility index (Phi) is 3.53. The first-order valence-corrected chi connectivity index (χ1v) is 5.10. The molecule has 0 aromatic carbocycles. The first kappa shape index (κ1) is 10.0. The Morgan fingerprint density at radius 1 is 1.42 bits per heavy atom. The van der Waals surface area contributed by atoms with Crippen LogP contribution in [-0.4, -0.2) is 29.3 Å². The predicted octanol–water partition coefficient (Wildman–Crippen LogP) is 1.84. The Morgan fingerprint density at radius 3 is 2.42 bits per heavy atom. The van der Waals surface area contributed by atoms with Crippen LogP contribution in [0.5, 0.6) is 0 Å². The minimum absolute atomic E-state index is 0.232. The van der Waals surface area contributed by atoms with Crippen LogP contribution in [0.4, 0.5) is 0 Å². The normalized spacial score (nSPS) is 31.8. The van der Waals surface area contributed by atoms with Gasteiger partial charge in [-0.1, -0.05) is 20.3 Å². The summed E-state index contributed by atoms with van der Waals surface area (Å²) in [6.07, 6.45) is 4.48. The molecule has 3 atom stereocenters. The van der Waals surface area contributed by atoms with Crippen LogP contribution in [0, 0.1) is 5.92 Å². The highest BCUT2D eigenvalue weighted by molar-refractivity contribution is 4.87. The van der Waals surface area contributed by atoms with Gasteiger partial charge in [0.25, 0.3) is 0 Å². The molecule has 0 aromatic rings. The van der Waals surface area contributed by atoms with Crippen molar-refractivity contribution in [1.29, 1.82) is 0 Å². The lowest BCUT2D eigenvalue weighted by molar-refractivity contribution is -0.0543. The van der Waals surface area contributed by atoms with Gasteiger partial charge < -0.3 is 5.11 Å². The minimum atomic E-state index is -0.232. The molecule has 72 valence electrons. The standard InChI is InChI=1S/C10H21NO/c1-4-8-6-7-9(8)11(3)10(12)5-2/h8-10,12H,4-7H2,1-3H3. The average Bonchev–Trinajstić information content (AvgIpc) is 2.02. The van der Waals surface area contributed by atoms with Gasteiger partial charge in [-0.25, -0.2) is 0 Å². The van der Waals surface area contributed by atoms with Gasteiger partial charge in [-0.05, 0) is 32.2 Å². The average molecular weight is 171 g/mol. The fourth-order valence-corrected chi connectivity index (χ4v) is 2.07. The molecule has 0 saturated heterocycles. The van der Waals surface area contributed by atoms with E-state index in [1.807, 2.05) is 14.0 Å². The molecule has 1 rings (SSSR count). The molecule has 0 radical (unpaired) electrons. The molecule has 1 aliphatic rings. The third-order valence-corrected chi connectivity index (χ3v) is 3.26. The molecule has 1 aliphatic carbocycles. The molecular formula is C10H21NO. The summed E-state index contributed by atoms with van der Waals surface area (Å²) in [5.41, 5.74) is 0. The maximum Gasteiger partial charge on any atom is 0.107 e. The molecule has 0 spiro atoms. The fourth-order valence-electron chi connectivity index (χ4n) is 2.07. The number of aliphatic hydroxyl groups excluding tert-OH is 1. The number of aliphatic hydroxyl groups is 1. The SMILES string of the molecule is CCC1CCC1N(C)C(O)CC. The first-order valence-electron chi connectivity index (χ1n) is 5.10. The maximum absolute atomic E-state index is 9.60. The lowest BCUT2D eigenvalue weighted by Gasteiger charge is -2.44. The summed E-state index contributed by atoms with van der Waals surface area (Å²) in [4.78, 5) is 2.14. The molecule has 2 heteroatoms. The van der Waals surface area contributed by atoms with E-state index in [0.29, 0.717) is 6.04 Å². The summed E-state index contributed by atoms with van der Waals surface area (Å²) in [6.45, 7) is 4.27. The Hall–Kier alpha value is -0.0800. The van der Waals surface area contributed by atoms with Crippen LogP contribution in [0.1, 0.15) is 39.5 Å². The Labute approximate surface area is 75.6 Å². The summed E-state index contributed by atoms with van der Waals surface area (Å²) >= 11 is 0. The number of nitrogens with zero attached hydrogens (tertiary/aromatic N) is 1. The number of hydrogen-bond acceptors (Lipinski definition) is 2. The molecule has 1 saturated carbocycles. The Morgan fingerprint density at radius 2 is 2.08 bits per heavy atom. The van der Waals surface area contributed by atoms with Crippen LogP contribution >= 0.6 is 0 Å². The summed E-state index contributed by atoms with van der Waals surface area (Å²) in [5, 5.41) is 9.60. The van der Waals surface area contributed by atoms with Crippen LogP contribution in [-0.2, 0) is 0 Å². The first-order chi connectivity index (χ1) is 5.70. The smallest absolute Gasteiger partial charge is 0.107 e. The highest BCUT2D eigenvalue weighted by Crippen LogP contribution is 2.34. The van der Waals surface area contributed by atoms with E-state index >= 15 is 0 Å². The van der Waals surface area contributed by atoms with E-state index in [9.17, 15) is 5.11 Å². The van der Waals surface area contributed by atoms with Gasteiger partial charge in [0, 0.05) is 6.04 Å². The largest absolute Gasteiger partial charge is 0.378 e. The van der Waals surface area contributed by atoms with Crippen LogP contribution < -0.4 is 0 Å². The zero-order valence-electron chi connectivity index (χ0n) is 8.45. The van der Waals surface area contributed by atoms with Gasteiger partial charge in [0.15, 0.2) is 0 Å². The van der Waals surface area contributed by atoms with E-state index in [-0.39, 0.29) is 6.23 Å². The molecule has 12 heavy (non-hydrogen) atoms. The molecule has 0 aliphatic heterocycles. The zero-order chi connectivity index (χ0) is 9.14. The highest BCUT2D eigenvalue weighted by Gasteiger charge is 2.34. The predicted molar refractivity (Wildman–Crippen MR) is 50.9 cm³/mol. The molecular weight excluding hydrogens is 150 g/mol. The van der Waals surface area contributed by atoms with Gasteiger partial charge in [0.05, 0.1) is 0 Å². The summed E-state index contributed by atoms with van der Waals surface area (Å²) in [7, 11) is 2.04. The van der Waals surface area contributed by atoms with E-state index < -0.39 is 0 Å². The van der Waals surface area contributed by atoms with Crippen molar-refractivity contribution in [3.05, 3.63) is 0 Å². The molecule has 0 amide bonds. The number of rotatable bonds is 4. The van der Waals surface area contributed by atoms with Crippen LogP contribution in [0.15, 0.2) is 0 Å². The van der Waals surface area contributed by atoms with E-state index in [4.69, 9.17) is 0 Å². The molecule has 0 aromatic heterocycles. The molecule has 0 bridgehead atoms. The lowest BCUT2D eigenvalue weighted by Crippen LogP contribution is -2.49. The third kappa shape index (κ3) is 1.80. The zero-order valence-corrected chi connectivity index (χ0v) is 8.45. The van der Waals surface area contributed by atoms with Gasteiger partial charge in [-0.3, -0.25) is 4.90 Å². The van der Waals surface area contributed by atoms with E-state index in [1.54, 1.807) is 0 Å². The van der Waals surface area contributed by atoms with Crippen molar-refractivity contribution in [3.63, 3.8) is 0 Å². The summed E-state index contributed by atoms with van der Waals surface area (Å²) in [6, 6.07) is 0.643. The van der Waals surface area contributed by atoms with Crippen molar-refractivity contribution in [2.75, 3.05) is 7.05 Å². The van der Waals surface area contributed by atoms with Gasteiger partial charge in [0.2, 0.25) is 0 Å². The fraction of sp³-hybridized carbons (Fsp3) is 1.00. The van der Waals surface area contributed by atoms with Gasteiger partial charge in [0.1, 0.15) is 6.23 Å². The van der Waals surface area contributed by atoms with Crippen LogP contribution in [0.25, 0.3) is 0 Å². The van der Waals surface area contributed by atoms with Crippen molar-refractivity contribution >= 4 is 0 Å². The molecule has 0 heterocycles. The van der Waals surface area contributed by atoms with Gasteiger partial charge in [-0.2, -0.15) is 0 Å². The lowest BCUT2D eigenvalue weighted by atomic mass is 9.77. The van der Waals surface area contributed by atoms with Gasteiger partial charge in [-0.15, -0.1) is 0 Å². The van der Waals surface area contributed by atoms with Gasteiger partial charge >= 0.3 is 0 Å².